The molecule has 0 radical (unpaired) electrons. The number of carboxylic acid groups (broad SMARTS) is 2. The van der Waals surface area contributed by atoms with Gasteiger partial charge < -0.3 is 42.9 Å². The van der Waals surface area contributed by atoms with E-state index >= 15 is 0 Å². The molecule has 0 aromatic heterocycles. The molecule has 1 saturated heterocycles. The van der Waals surface area contributed by atoms with Gasteiger partial charge >= 0.3 is 11.9 Å². The van der Waals surface area contributed by atoms with Crippen molar-refractivity contribution in [3.05, 3.63) is 0 Å². The van der Waals surface area contributed by atoms with Crippen LogP contribution in [0.25, 0.3) is 0 Å². The van der Waals surface area contributed by atoms with E-state index in [-0.39, 0.29) is 37.6 Å². The summed E-state index contributed by atoms with van der Waals surface area (Å²) in [4.78, 5) is 65.2. The molecule has 3 amide bonds. The molecule has 1 fully saturated rings. The molecule has 4 atom stereocenters. The summed E-state index contributed by atoms with van der Waals surface area (Å²) in [5.74, 6) is -5.15. The Hall–Kier alpha value is -3.07. The van der Waals surface area contributed by atoms with Gasteiger partial charge in [-0.15, -0.1) is 0 Å². The summed E-state index contributed by atoms with van der Waals surface area (Å²) in [6, 6.07) is -4.78. The fourth-order valence-electron chi connectivity index (χ4n) is 3.26. The normalized spacial score (nSPS) is 18.0. The van der Waals surface area contributed by atoms with Crippen LogP contribution < -0.4 is 27.8 Å². The van der Waals surface area contributed by atoms with E-state index < -0.39 is 60.2 Å². The molecule has 0 saturated carbocycles. The number of likely N-dealkylation sites (tertiary alicyclic amines) is 1. The predicted molar refractivity (Wildman–Crippen MR) is 120 cm³/mol. The number of rotatable bonds is 13. The van der Waals surface area contributed by atoms with Crippen molar-refractivity contribution in [2.75, 3.05) is 18.8 Å². The zero-order valence-corrected chi connectivity index (χ0v) is 18.9. The van der Waals surface area contributed by atoms with Gasteiger partial charge in [0, 0.05) is 18.8 Å². The number of carboxylic acids is 2. The molecule has 1 aliphatic rings. The highest BCUT2D eigenvalue weighted by Gasteiger charge is 2.39. The van der Waals surface area contributed by atoms with Crippen molar-refractivity contribution in [2.24, 2.45) is 22.2 Å². The van der Waals surface area contributed by atoms with Gasteiger partial charge in [-0.3, -0.25) is 24.2 Å². The van der Waals surface area contributed by atoms with Crippen molar-refractivity contribution < 1.29 is 34.2 Å². The van der Waals surface area contributed by atoms with Crippen LogP contribution >= 0.6 is 12.6 Å². The molecule has 0 aromatic rings. The summed E-state index contributed by atoms with van der Waals surface area (Å²) in [6.07, 6.45) is 0.554. The monoisotopic (exact) mass is 489 g/mol. The first-order valence-corrected chi connectivity index (χ1v) is 10.9. The third-order valence-electron chi connectivity index (χ3n) is 4.93. The van der Waals surface area contributed by atoms with Crippen molar-refractivity contribution in [1.82, 2.24) is 15.5 Å². The lowest BCUT2D eigenvalue weighted by Crippen LogP contribution is -2.58. The van der Waals surface area contributed by atoms with Crippen LogP contribution in [0.1, 0.15) is 32.1 Å². The second kappa shape index (κ2) is 13.5. The van der Waals surface area contributed by atoms with E-state index in [1.54, 1.807) is 0 Å². The fraction of sp³-hybridized carbons (Fsp3) is 0.667. The molecule has 4 unspecified atom stereocenters. The highest BCUT2D eigenvalue weighted by Crippen LogP contribution is 2.19. The first-order valence-electron chi connectivity index (χ1n) is 10.3. The lowest BCUT2D eigenvalue weighted by molar-refractivity contribution is -0.150. The minimum atomic E-state index is -1.51. The Labute approximate surface area is 195 Å². The quantitative estimate of drug-likeness (QED) is 0.0557. The number of aliphatic imine (C=N–C) groups is 1. The lowest BCUT2D eigenvalue weighted by Gasteiger charge is -2.28. The molecule has 1 heterocycles. The Morgan fingerprint density at radius 2 is 1.73 bits per heavy atom. The van der Waals surface area contributed by atoms with Gasteiger partial charge in [0.05, 0.1) is 12.5 Å². The van der Waals surface area contributed by atoms with E-state index in [1.807, 2.05) is 0 Å². The lowest BCUT2D eigenvalue weighted by atomic mass is 10.1. The highest BCUT2D eigenvalue weighted by molar-refractivity contribution is 7.80. The van der Waals surface area contributed by atoms with E-state index in [0.29, 0.717) is 12.8 Å². The molecular weight excluding hydrogens is 458 g/mol. The number of hydrogen-bond acceptors (Lipinski definition) is 8. The van der Waals surface area contributed by atoms with Gasteiger partial charge in [-0.2, -0.15) is 12.6 Å². The molecule has 0 aromatic carbocycles. The number of carbonyl (C=O) groups is 5. The van der Waals surface area contributed by atoms with Gasteiger partial charge in [-0.1, -0.05) is 0 Å². The average Bonchev–Trinajstić information content (AvgIpc) is 3.23. The van der Waals surface area contributed by atoms with Crippen LogP contribution in [-0.2, 0) is 24.0 Å². The van der Waals surface area contributed by atoms with Crippen LogP contribution in [-0.4, -0.2) is 93.7 Å². The number of thiol groups is 1. The second-order valence-electron chi connectivity index (χ2n) is 7.49. The number of amides is 3. The van der Waals surface area contributed by atoms with E-state index in [2.05, 4.69) is 28.3 Å². The first kappa shape index (κ1) is 28.0. The Balaban J connectivity index is 2.78. The molecule has 0 spiro atoms. The van der Waals surface area contributed by atoms with Crippen molar-refractivity contribution >= 4 is 48.2 Å². The molecule has 186 valence electrons. The number of aliphatic carboxylic acids is 2. The summed E-state index contributed by atoms with van der Waals surface area (Å²) >= 11 is 4.03. The molecule has 15 heteroatoms. The summed E-state index contributed by atoms with van der Waals surface area (Å²) < 4.78 is 0. The van der Waals surface area contributed by atoms with Gasteiger partial charge in [-0.25, -0.2) is 4.79 Å². The molecule has 1 aliphatic heterocycles. The molecule has 0 aliphatic carbocycles. The van der Waals surface area contributed by atoms with E-state index in [9.17, 15) is 29.1 Å². The first-order chi connectivity index (χ1) is 15.5. The zero-order chi connectivity index (χ0) is 25.1. The number of nitrogens with two attached hydrogens (primary N) is 3. The minimum Gasteiger partial charge on any atom is -0.481 e. The van der Waals surface area contributed by atoms with E-state index in [1.165, 1.54) is 0 Å². The zero-order valence-electron chi connectivity index (χ0n) is 18.0. The largest absolute Gasteiger partial charge is 0.481 e. The smallest absolute Gasteiger partial charge is 0.326 e. The van der Waals surface area contributed by atoms with Crippen LogP contribution in [0.4, 0.5) is 0 Å². The minimum absolute atomic E-state index is 0.0890. The molecule has 33 heavy (non-hydrogen) atoms. The second-order valence-corrected chi connectivity index (χ2v) is 7.85. The Kier molecular flexibility index (Phi) is 11.4. The molecule has 0 bridgehead atoms. The van der Waals surface area contributed by atoms with Crippen LogP contribution in [0.5, 0.6) is 0 Å². The number of carbonyl (C=O) groups excluding carboxylic acids is 3. The third-order valence-corrected chi connectivity index (χ3v) is 5.30. The number of guanidine groups is 1. The predicted octanol–water partition coefficient (Wildman–Crippen LogP) is -3.18. The maximum absolute atomic E-state index is 12.8. The summed E-state index contributed by atoms with van der Waals surface area (Å²) in [5.41, 5.74) is 16.2. The number of hydrogen-bond donors (Lipinski definition) is 8. The van der Waals surface area contributed by atoms with Crippen molar-refractivity contribution in [1.29, 1.82) is 0 Å². The van der Waals surface area contributed by atoms with Crippen LogP contribution in [0, 0.1) is 0 Å². The topological polar surface area (TPSA) is 244 Å². The molecule has 10 N–H and O–H groups in total. The molecular formula is C18H31N7O7S. The number of nitrogens with one attached hydrogen (secondary N) is 2. The van der Waals surface area contributed by atoms with Gasteiger partial charge in [-0.05, 0) is 25.7 Å². The van der Waals surface area contributed by atoms with Crippen molar-refractivity contribution in [2.45, 2.75) is 56.3 Å². The third kappa shape index (κ3) is 9.13. The summed E-state index contributed by atoms with van der Waals surface area (Å²) in [6.45, 7) is 0.399. The van der Waals surface area contributed by atoms with Gasteiger partial charge in [0.15, 0.2) is 5.96 Å². The maximum atomic E-state index is 12.8. The summed E-state index contributed by atoms with van der Waals surface area (Å²) in [7, 11) is 0. The average molecular weight is 490 g/mol. The molecule has 1 rings (SSSR count). The fourth-order valence-corrected chi connectivity index (χ4v) is 3.51. The van der Waals surface area contributed by atoms with Gasteiger partial charge in [0.25, 0.3) is 0 Å². The maximum Gasteiger partial charge on any atom is 0.326 e. The molecule has 14 nitrogen and oxygen atoms in total. The number of nitrogens with zero attached hydrogens (tertiary/aromatic N) is 2. The van der Waals surface area contributed by atoms with Crippen molar-refractivity contribution in [3.8, 4) is 0 Å². The highest BCUT2D eigenvalue weighted by atomic mass is 32.1. The van der Waals surface area contributed by atoms with Gasteiger partial charge in [0.1, 0.15) is 18.1 Å². The van der Waals surface area contributed by atoms with Crippen LogP contribution in [0.15, 0.2) is 4.99 Å². The Bertz CT molecular complexity index is 775. The van der Waals surface area contributed by atoms with E-state index in [4.69, 9.17) is 22.3 Å². The van der Waals surface area contributed by atoms with Crippen molar-refractivity contribution in [3.63, 3.8) is 0 Å². The van der Waals surface area contributed by atoms with Crippen LogP contribution in [0.3, 0.4) is 0 Å². The van der Waals surface area contributed by atoms with Gasteiger partial charge in [0.2, 0.25) is 17.7 Å². The Morgan fingerprint density at radius 3 is 2.27 bits per heavy atom. The standard InChI is InChI=1S/C18H31N7O7S/c19-9(3-1-5-22-18(20)21)14(28)24-11(8-33)15(29)23-10(7-13(26)27)16(30)25-6-2-4-12(25)17(31)32/h9-12,33H,1-8,19H2,(H,23,29)(H,24,28)(H,26,27)(H,31,32)(H4,20,21,22). The SMILES string of the molecule is NC(N)=NCCCC(N)C(=O)NC(CS)C(=O)NC(CC(=O)O)C(=O)N1CCCC1C(=O)O. The van der Waals surface area contributed by atoms with E-state index in [0.717, 1.165) is 4.90 Å². The van der Waals surface area contributed by atoms with Crippen LogP contribution in [0.2, 0.25) is 0 Å². The summed E-state index contributed by atoms with van der Waals surface area (Å²) in [5, 5.41) is 23.1. The Morgan fingerprint density at radius 1 is 1.09 bits per heavy atom.